The summed E-state index contributed by atoms with van der Waals surface area (Å²) < 4.78 is 83.6. The van der Waals surface area contributed by atoms with Crippen LogP contribution in [0, 0.1) is 17.9 Å². The van der Waals surface area contributed by atoms with Gasteiger partial charge < -0.3 is 96.3 Å². The number of rotatable bonds is 32. The number of amides is 1. The average molecular weight is 1380 g/mol. The summed E-state index contributed by atoms with van der Waals surface area (Å²) in [6, 6.07) is 0.787. The van der Waals surface area contributed by atoms with Gasteiger partial charge in [-0.2, -0.15) is 5.26 Å². The molecule has 94 heavy (non-hydrogen) atoms. The van der Waals surface area contributed by atoms with Crippen molar-refractivity contribution in [1.29, 1.82) is 5.26 Å². The van der Waals surface area contributed by atoms with Gasteiger partial charge in [0.1, 0.15) is 80.7 Å². The van der Waals surface area contributed by atoms with Gasteiger partial charge >= 0.3 is 5.97 Å². The summed E-state index contributed by atoms with van der Waals surface area (Å²) in [5.74, 6) is -0.231. The third-order valence-corrected chi connectivity index (χ3v) is 16.7. The number of alkyl halides is 1. The number of nitrogens with one attached hydrogen (secondary N) is 2. The number of carbonyl (C=O) groups is 2. The van der Waals surface area contributed by atoms with E-state index >= 15 is 0 Å². The molecule has 29 heteroatoms. The molecule has 4 N–H and O–H groups in total. The number of hydrogen-bond acceptors (Lipinski definition) is 21. The van der Waals surface area contributed by atoms with Crippen molar-refractivity contribution in [1.82, 2.24) is 10.6 Å². The van der Waals surface area contributed by atoms with Crippen molar-refractivity contribution in [3.05, 3.63) is 11.4 Å². The van der Waals surface area contributed by atoms with Crippen LogP contribution in [0.5, 0.6) is 0 Å². The summed E-state index contributed by atoms with van der Waals surface area (Å²) in [4.78, 5) is 26.5. The Balaban J connectivity index is -0.000000353. The van der Waals surface area contributed by atoms with Crippen LogP contribution in [0.15, 0.2) is 0 Å². The number of hydrogen-bond donors (Lipinski definition) is 4. The standard InChI is InChI=1S/C16H28BNO6.C15H27BNO5P.2C11H21BO4.C6H15N.C3H4ClN.3CH4/c1-6-11-14(24-13(20)8-7-12(19)18-4)15(16(17)23-11)22-10(3)9(2)21-5;1-7-12-13(22-23(6)19-9-8-17-4)14(15(16)21-12)20-11(3)10(2)18-5;2*1-5-8-9(13)10(11(12)16-8)15-7(3)6(2)14-4;1-5(2)7-6(3)4;4-2-1-3-5;;;/h9-11,14-16H,6-8H2,1-5H3,(H,18,19);10-15H,7-9H2,1-3,5-6H3;2*6-11,13H,5H2,1-4H3;5-7H,1-4H3;1-2H2;3*1H4/t9-,10-,11-,14?,15+,16-;10-,11-,12-,13?,14+,15-,23?;2*6-,7-,8-,9?,10+,11-;;;;;/m1111...../s1. The minimum atomic E-state index is -1.12. The van der Waals surface area contributed by atoms with E-state index < -0.39 is 75.0 Å². The quantitative estimate of drug-likeness (QED) is 0.0123. The van der Waals surface area contributed by atoms with Crippen LogP contribution >= 0.6 is 20.0 Å². The molecule has 25 atom stereocenters. The first-order chi connectivity index (χ1) is 42.8. The molecule has 0 bridgehead atoms. The van der Waals surface area contributed by atoms with Crippen LogP contribution in [0.25, 0.3) is 4.85 Å². The lowest BCUT2D eigenvalue weighted by atomic mass is 9.92. The van der Waals surface area contributed by atoms with Crippen molar-refractivity contribution >= 4 is 63.2 Å². The Hall–Kier alpha value is -1.78. The lowest BCUT2D eigenvalue weighted by molar-refractivity contribution is -0.163. The van der Waals surface area contributed by atoms with E-state index in [0.717, 1.165) is 19.3 Å². The van der Waals surface area contributed by atoms with E-state index in [9.17, 15) is 19.8 Å². The first kappa shape index (κ1) is 101. The van der Waals surface area contributed by atoms with Crippen molar-refractivity contribution < 1.29 is 90.4 Å². The number of esters is 1. The molecule has 4 aliphatic rings. The molecule has 0 aromatic rings. The van der Waals surface area contributed by atoms with Crippen molar-refractivity contribution in [2.75, 3.05) is 61.2 Å². The fourth-order valence-electron chi connectivity index (χ4n) is 9.15. The summed E-state index contributed by atoms with van der Waals surface area (Å²) in [5.41, 5.74) is 0. The highest BCUT2D eigenvalue weighted by Crippen LogP contribution is 2.41. The molecule has 0 aromatic carbocycles. The maximum Gasteiger partial charge on any atom is 0.306 e. The Morgan fingerprint density at radius 1 is 0.574 bits per heavy atom. The molecule has 4 fully saturated rings. The molecule has 23 nitrogen and oxygen atoms in total. The smallest absolute Gasteiger partial charge is 0.306 e. The molecular formula is C65H128B4ClN4O19P. The Kier molecular flexibility index (Phi) is 61.1. The third-order valence-electron chi connectivity index (χ3n) is 15.4. The fourth-order valence-corrected chi connectivity index (χ4v) is 10.2. The molecule has 0 saturated carbocycles. The zero-order valence-electron chi connectivity index (χ0n) is 58.9. The van der Waals surface area contributed by atoms with Gasteiger partial charge in [-0.3, -0.25) is 9.59 Å². The minimum Gasteiger partial charge on any atom is -0.457 e. The van der Waals surface area contributed by atoms with E-state index in [2.05, 4.69) is 43.2 Å². The fraction of sp³-hybridized carbons (Fsp3) is 0.938. The Morgan fingerprint density at radius 3 is 1.18 bits per heavy atom. The van der Waals surface area contributed by atoms with Gasteiger partial charge in [0.2, 0.25) is 12.5 Å². The van der Waals surface area contributed by atoms with Crippen LogP contribution in [-0.2, 0) is 80.2 Å². The average Bonchev–Trinajstić information content (AvgIpc) is 2.77. The van der Waals surface area contributed by atoms with Crippen LogP contribution in [-0.4, -0.2) is 273 Å². The zero-order chi connectivity index (χ0) is 70.2. The van der Waals surface area contributed by atoms with Crippen molar-refractivity contribution in [2.45, 2.75) is 336 Å². The molecule has 8 radical (unpaired) electrons. The SMILES string of the molecule is C.C.C.CC(C)NC(C)C.N#CCCCl.[B][C@@H]1O[C@H](CC)C(O)[C@@H]1O[C@H](C)[C@@H](C)OC.[B][C@@H]1O[C@H](CC)C(O)[C@@H]1O[C@H](C)[C@@H](C)OC.[B][C@@H]1O[C@H](CC)C(OC(=O)CCC(=O)NC)[C@@H]1O[C@H](C)[C@@H](C)OC.[B][C@@H]1O[C@H](CC)C(OP(C)OCC[N+]#[C-])[C@@H]1O[C@H](C)[C@@H](C)OC. The molecular weight excluding hydrogens is 1250 g/mol. The van der Waals surface area contributed by atoms with E-state index in [4.69, 9.17) is 125 Å². The van der Waals surface area contributed by atoms with Crippen molar-refractivity contribution in [3.8, 4) is 6.07 Å². The van der Waals surface area contributed by atoms with Gasteiger partial charge in [-0.05, 0) is 81.1 Å². The van der Waals surface area contributed by atoms with Crippen LogP contribution in [0.4, 0.5) is 0 Å². The molecule has 546 valence electrons. The maximum atomic E-state index is 12.0. The molecule has 1 amide bonds. The number of methoxy groups -OCH3 is 4. The highest BCUT2D eigenvalue weighted by molar-refractivity contribution is 7.46. The number of carbonyl (C=O) groups excluding carboxylic acids is 2. The highest BCUT2D eigenvalue weighted by Gasteiger charge is 2.48. The van der Waals surface area contributed by atoms with Crippen LogP contribution in [0.3, 0.4) is 0 Å². The molecule has 4 heterocycles. The first-order valence-corrected chi connectivity index (χ1v) is 34.2. The maximum absolute atomic E-state index is 12.0. The second kappa shape index (κ2) is 56.9. The lowest BCUT2D eigenvalue weighted by Crippen LogP contribution is -2.43. The Labute approximate surface area is 581 Å². The van der Waals surface area contributed by atoms with Gasteiger partial charge in [-0.25, -0.2) is 6.57 Å². The molecule has 4 rings (SSSR count). The van der Waals surface area contributed by atoms with Gasteiger partial charge in [-0.15, -0.1) is 11.6 Å². The second-order valence-corrected chi connectivity index (χ2v) is 24.8. The van der Waals surface area contributed by atoms with Gasteiger partial charge in [0, 0.05) is 97.0 Å². The molecule has 5 unspecified atom stereocenters. The molecule has 0 aromatic heterocycles. The van der Waals surface area contributed by atoms with Crippen LogP contribution in [0.1, 0.15) is 178 Å². The predicted octanol–water partition coefficient (Wildman–Crippen LogP) is 8.26. The summed E-state index contributed by atoms with van der Waals surface area (Å²) in [7, 11) is 30.5. The summed E-state index contributed by atoms with van der Waals surface area (Å²) in [5, 5.41) is 33.4. The Bertz CT molecular complexity index is 1910. The number of halogens is 1. The zero-order valence-corrected chi connectivity index (χ0v) is 60.6. The second-order valence-electron chi connectivity index (χ2n) is 23.1. The number of aliphatic hydroxyl groups excluding tert-OH is 2. The van der Waals surface area contributed by atoms with Crippen molar-refractivity contribution in [2.24, 2.45) is 0 Å². The summed E-state index contributed by atoms with van der Waals surface area (Å²) in [6.07, 6.45) is -2.55. The Morgan fingerprint density at radius 2 is 0.904 bits per heavy atom. The largest absolute Gasteiger partial charge is 0.457 e. The van der Waals surface area contributed by atoms with Crippen molar-refractivity contribution in [3.63, 3.8) is 0 Å². The van der Waals surface area contributed by atoms with E-state index in [0.29, 0.717) is 44.0 Å². The number of nitrogens with zero attached hydrogens (tertiary/aromatic N) is 2. The van der Waals surface area contributed by atoms with E-state index in [-0.39, 0.29) is 126 Å². The van der Waals surface area contributed by atoms with E-state index in [1.165, 1.54) is 7.05 Å². The number of aliphatic hydroxyl groups is 2. The highest BCUT2D eigenvalue weighted by atomic mass is 35.5. The number of nitriles is 1. The van der Waals surface area contributed by atoms with Gasteiger partial charge in [0.25, 0.3) is 0 Å². The third kappa shape index (κ3) is 38.7. The molecule has 4 aliphatic heterocycles. The van der Waals surface area contributed by atoms with Gasteiger partial charge in [0.15, 0.2) is 14.5 Å². The number of ether oxygens (including phenoxy) is 13. The van der Waals surface area contributed by atoms with E-state index in [1.807, 2.05) is 95.8 Å². The van der Waals surface area contributed by atoms with Crippen LogP contribution in [0.2, 0.25) is 0 Å². The monoisotopic (exact) mass is 1380 g/mol. The van der Waals surface area contributed by atoms with Gasteiger partial charge in [-0.1, -0.05) is 77.7 Å². The van der Waals surface area contributed by atoms with Crippen LogP contribution < -0.4 is 10.6 Å². The predicted molar refractivity (Wildman–Crippen MR) is 377 cm³/mol. The summed E-state index contributed by atoms with van der Waals surface area (Å²) in [6.45, 7) is 41.0. The van der Waals surface area contributed by atoms with Gasteiger partial charge in [0.05, 0.1) is 85.7 Å². The normalized spacial score (nSPS) is 29.4. The van der Waals surface area contributed by atoms with E-state index in [1.54, 1.807) is 28.4 Å². The molecule has 0 aliphatic carbocycles. The summed E-state index contributed by atoms with van der Waals surface area (Å²) >= 11 is 5.08. The lowest BCUT2D eigenvalue weighted by Gasteiger charge is -2.30. The molecule has 0 spiro atoms. The topological polar surface area (TPSA) is 265 Å². The minimum absolute atomic E-state index is 0. The first-order valence-electron chi connectivity index (χ1n) is 32.0. The molecule has 4 saturated heterocycles.